The lowest BCUT2D eigenvalue weighted by Crippen LogP contribution is -2.20. The van der Waals surface area contributed by atoms with Gasteiger partial charge in [-0.15, -0.1) is 11.3 Å². The zero-order valence-electron chi connectivity index (χ0n) is 17.8. The molecule has 1 aliphatic carbocycles. The topological polar surface area (TPSA) is 86.1 Å². The van der Waals surface area contributed by atoms with Gasteiger partial charge in [-0.1, -0.05) is 30.3 Å². The van der Waals surface area contributed by atoms with Crippen molar-refractivity contribution in [2.45, 2.75) is 32.7 Å². The molecule has 0 aliphatic heterocycles. The van der Waals surface area contributed by atoms with Crippen LogP contribution in [0.15, 0.2) is 42.6 Å². The zero-order valence-corrected chi connectivity index (χ0v) is 18.7. The number of carbonyl (C=O) groups excluding carboxylic acids is 2. The molecule has 0 spiro atoms. The second-order valence-electron chi connectivity index (χ2n) is 7.77. The van der Waals surface area contributed by atoms with Crippen LogP contribution >= 0.6 is 11.3 Å². The van der Waals surface area contributed by atoms with Crippen LogP contribution in [0.5, 0.6) is 0 Å². The van der Waals surface area contributed by atoms with Crippen LogP contribution in [0, 0.1) is 6.92 Å². The Bertz CT molecular complexity index is 1340. The number of thiophene rings is 1. The summed E-state index contributed by atoms with van der Waals surface area (Å²) in [6, 6.07) is 12.0. The first kappa shape index (κ1) is 20.4. The predicted molar refractivity (Wildman–Crippen MR) is 124 cm³/mol. The fourth-order valence-corrected chi connectivity index (χ4v) is 5.66. The number of esters is 1. The Hall–Kier alpha value is -3.52. The number of ether oxygens (including phenoxy) is 1. The van der Waals surface area contributed by atoms with E-state index in [1.807, 2.05) is 43.3 Å². The van der Waals surface area contributed by atoms with E-state index in [4.69, 9.17) is 4.74 Å². The molecule has 1 aromatic carbocycles. The normalized spacial score (nSPS) is 12.7. The maximum atomic E-state index is 12.9. The van der Waals surface area contributed by atoms with E-state index in [-0.39, 0.29) is 12.5 Å². The minimum Gasteiger partial charge on any atom is -0.465 e. The van der Waals surface area contributed by atoms with E-state index in [9.17, 15) is 9.59 Å². The number of pyridine rings is 1. The van der Waals surface area contributed by atoms with Crippen LogP contribution in [0.3, 0.4) is 0 Å². The van der Waals surface area contributed by atoms with Gasteiger partial charge in [0, 0.05) is 16.5 Å². The monoisotopic (exact) mass is 446 g/mol. The van der Waals surface area contributed by atoms with Crippen molar-refractivity contribution < 1.29 is 14.3 Å². The number of benzene rings is 1. The van der Waals surface area contributed by atoms with Crippen molar-refractivity contribution in [2.75, 3.05) is 12.4 Å². The number of methoxy groups -OCH3 is 1. The first-order valence-electron chi connectivity index (χ1n) is 10.5. The molecule has 3 heterocycles. The summed E-state index contributed by atoms with van der Waals surface area (Å²) in [6.07, 6.45) is 4.52. The largest absolute Gasteiger partial charge is 0.465 e. The predicted octanol–water partition coefficient (Wildman–Crippen LogP) is 4.38. The highest BCUT2D eigenvalue weighted by atomic mass is 32.1. The van der Waals surface area contributed by atoms with Gasteiger partial charge in [0.15, 0.2) is 5.65 Å². The Morgan fingerprint density at radius 2 is 2.00 bits per heavy atom. The molecular formula is C24H22N4O3S. The number of amides is 1. The third-order valence-corrected chi connectivity index (χ3v) is 6.96. The van der Waals surface area contributed by atoms with Crippen LogP contribution in [0.2, 0.25) is 0 Å². The number of nitrogens with zero attached hydrogens (tertiary/aromatic N) is 3. The fourth-order valence-electron chi connectivity index (χ4n) is 4.36. The molecule has 0 saturated heterocycles. The SMILES string of the molecule is COC(=O)c1c(NC(=O)Cn2nc(C)c3c(-c4ccccc4)ccnc32)sc2c1CCC2. The molecule has 0 fully saturated rings. The van der Waals surface area contributed by atoms with Crippen LogP contribution in [-0.4, -0.2) is 33.8 Å². The van der Waals surface area contributed by atoms with Crippen molar-refractivity contribution in [3.8, 4) is 11.1 Å². The molecule has 0 atom stereocenters. The molecule has 4 aromatic rings. The second-order valence-corrected chi connectivity index (χ2v) is 8.87. The Labute approximate surface area is 189 Å². The first-order valence-corrected chi connectivity index (χ1v) is 11.3. The lowest BCUT2D eigenvalue weighted by atomic mass is 10.0. The standard InChI is InChI=1S/C24H22N4O3S/c1-14-20-16(15-7-4-3-5-8-15)11-12-25-22(20)28(27-14)13-19(29)26-23-21(24(30)31-2)17-9-6-10-18(17)32-23/h3-5,7-8,11-12H,6,9-10,13H2,1-2H3,(H,26,29). The van der Waals surface area contributed by atoms with E-state index < -0.39 is 5.97 Å². The van der Waals surface area contributed by atoms with E-state index in [1.165, 1.54) is 18.4 Å². The van der Waals surface area contributed by atoms with E-state index in [1.54, 1.807) is 10.9 Å². The minimum absolute atomic E-state index is 0.00123. The Balaban J connectivity index is 1.45. The number of anilines is 1. The smallest absolute Gasteiger partial charge is 0.341 e. The van der Waals surface area contributed by atoms with Crippen LogP contribution < -0.4 is 5.32 Å². The fraction of sp³-hybridized carbons (Fsp3) is 0.250. The van der Waals surface area contributed by atoms with E-state index in [0.717, 1.165) is 51.9 Å². The van der Waals surface area contributed by atoms with Crippen LogP contribution in [0.25, 0.3) is 22.2 Å². The molecular weight excluding hydrogens is 424 g/mol. The third kappa shape index (κ3) is 3.46. The van der Waals surface area contributed by atoms with Gasteiger partial charge in [0.2, 0.25) is 5.91 Å². The van der Waals surface area contributed by atoms with Gasteiger partial charge < -0.3 is 10.1 Å². The Morgan fingerprint density at radius 1 is 1.19 bits per heavy atom. The highest BCUT2D eigenvalue weighted by Gasteiger charge is 2.28. The number of fused-ring (bicyclic) bond motifs is 2. The Morgan fingerprint density at radius 3 is 2.78 bits per heavy atom. The first-order chi connectivity index (χ1) is 15.6. The van der Waals surface area contributed by atoms with Gasteiger partial charge in [-0.3, -0.25) is 4.79 Å². The van der Waals surface area contributed by atoms with Crippen molar-refractivity contribution in [1.82, 2.24) is 14.8 Å². The van der Waals surface area contributed by atoms with Gasteiger partial charge in [-0.25, -0.2) is 14.5 Å². The summed E-state index contributed by atoms with van der Waals surface area (Å²) in [4.78, 5) is 30.9. The van der Waals surface area contributed by atoms with Gasteiger partial charge in [0.05, 0.1) is 18.4 Å². The van der Waals surface area contributed by atoms with Crippen molar-refractivity contribution in [1.29, 1.82) is 0 Å². The highest BCUT2D eigenvalue weighted by molar-refractivity contribution is 7.17. The van der Waals surface area contributed by atoms with E-state index in [0.29, 0.717) is 16.2 Å². The summed E-state index contributed by atoms with van der Waals surface area (Å²) in [5, 5.41) is 8.98. The van der Waals surface area contributed by atoms with Crippen LogP contribution in [0.4, 0.5) is 5.00 Å². The number of aromatic nitrogens is 3. The van der Waals surface area contributed by atoms with E-state index in [2.05, 4.69) is 15.4 Å². The number of aryl methyl sites for hydroxylation is 2. The Kier molecular flexibility index (Phi) is 5.22. The number of rotatable bonds is 5. The average Bonchev–Trinajstić information content (AvgIpc) is 3.47. The lowest BCUT2D eigenvalue weighted by Gasteiger charge is -2.08. The molecule has 0 unspecified atom stereocenters. The van der Waals surface area contributed by atoms with E-state index >= 15 is 0 Å². The summed E-state index contributed by atoms with van der Waals surface area (Å²) in [7, 11) is 1.36. The molecule has 0 bridgehead atoms. The molecule has 0 saturated carbocycles. The summed E-state index contributed by atoms with van der Waals surface area (Å²) in [5.74, 6) is -0.666. The number of hydrogen-bond acceptors (Lipinski definition) is 6. The average molecular weight is 447 g/mol. The molecule has 5 rings (SSSR count). The van der Waals surface area contributed by atoms with Crippen LogP contribution in [-0.2, 0) is 28.9 Å². The highest BCUT2D eigenvalue weighted by Crippen LogP contribution is 2.39. The summed E-state index contributed by atoms with van der Waals surface area (Å²) < 4.78 is 6.58. The number of nitrogens with one attached hydrogen (secondary N) is 1. The van der Waals surface area contributed by atoms with Crippen molar-refractivity contribution in [3.05, 3.63) is 64.3 Å². The molecule has 0 radical (unpaired) electrons. The summed E-state index contributed by atoms with van der Waals surface area (Å²) in [6.45, 7) is 1.92. The molecule has 3 aromatic heterocycles. The van der Waals surface area contributed by atoms with Crippen molar-refractivity contribution in [2.24, 2.45) is 0 Å². The maximum absolute atomic E-state index is 12.9. The van der Waals surface area contributed by atoms with Gasteiger partial charge in [0.1, 0.15) is 11.5 Å². The summed E-state index contributed by atoms with van der Waals surface area (Å²) >= 11 is 1.46. The summed E-state index contributed by atoms with van der Waals surface area (Å²) in [5.41, 5.74) is 5.06. The second kappa shape index (κ2) is 8.20. The van der Waals surface area contributed by atoms with Gasteiger partial charge in [-0.2, -0.15) is 5.10 Å². The molecule has 1 aliphatic rings. The number of carbonyl (C=O) groups is 2. The lowest BCUT2D eigenvalue weighted by molar-refractivity contribution is -0.116. The van der Waals surface area contributed by atoms with Crippen molar-refractivity contribution in [3.63, 3.8) is 0 Å². The molecule has 1 amide bonds. The maximum Gasteiger partial charge on any atom is 0.341 e. The quantitative estimate of drug-likeness (QED) is 0.460. The molecule has 162 valence electrons. The van der Waals surface area contributed by atoms with Gasteiger partial charge >= 0.3 is 5.97 Å². The number of hydrogen-bond donors (Lipinski definition) is 1. The third-order valence-electron chi connectivity index (χ3n) is 5.75. The molecule has 32 heavy (non-hydrogen) atoms. The van der Waals surface area contributed by atoms with Gasteiger partial charge in [-0.05, 0) is 48.9 Å². The van der Waals surface area contributed by atoms with Crippen LogP contribution in [0.1, 0.15) is 32.9 Å². The molecule has 8 heteroatoms. The molecule has 1 N–H and O–H groups in total. The molecule has 7 nitrogen and oxygen atoms in total. The van der Waals surface area contributed by atoms with Crippen molar-refractivity contribution >= 4 is 39.2 Å². The zero-order chi connectivity index (χ0) is 22.2. The minimum atomic E-state index is -0.408. The van der Waals surface area contributed by atoms with Gasteiger partial charge in [0.25, 0.3) is 0 Å².